The lowest BCUT2D eigenvalue weighted by atomic mass is 10.1. The summed E-state index contributed by atoms with van der Waals surface area (Å²) >= 11 is 7.79. The zero-order chi connectivity index (χ0) is 20.1. The zero-order valence-corrected chi connectivity index (χ0v) is 17.8. The second-order valence-electron chi connectivity index (χ2n) is 6.17. The average molecular weight is 416 g/mol. The van der Waals surface area contributed by atoms with Crippen LogP contribution in [0.25, 0.3) is 11.3 Å². The topological polar surface area (TPSA) is 55.7 Å². The van der Waals surface area contributed by atoms with Gasteiger partial charge in [0.15, 0.2) is 11.5 Å². The Bertz CT molecular complexity index is 1000. The molecule has 1 aromatic heterocycles. The standard InChI is InChI=1S/C21H22ClN3O2S/c1-5-27-20-17(22)9-15(10-19(20)26-4)11-23-25-21-24-18(12-28-21)16-7-6-13(2)14(3)8-16/h6-12H,5H2,1-4H3,(H,24,25)/b23-11-. The van der Waals surface area contributed by atoms with Gasteiger partial charge < -0.3 is 9.47 Å². The maximum Gasteiger partial charge on any atom is 0.203 e. The summed E-state index contributed by atoms with van der Waals surface area (Å²) < 4.78 is 10.9. The summed E-state index contributed by atoms with van der Waals surface area (Å²) in [5.41, 5.74) is 8.31. The highest BCUT2D eigenvalue weighted by Crippen LogP contribution is 2.36. The largest absolute Gasteiger partial charge is 0.493 e. The molecule has 1 N–H and O–H groups in total. The third-order valence-electron chi connectivity index (χ3n) is 4.22. The first kappa shape index (κ1) is 20.2. The number of nitrogens with zero attached hydrogens (tertiary/aromatic N) is 2. The van der Waals surface area contributed by atoms with Crippen LogP contribution in [-0.2, 0) is 0 Å². The number of halogens is 1. The predicted octanol–water partition coefficient (Wildman–Crippen LogP) is 5.93. The molecule has 0 spiro atoms. The maximum atomic E-state index is 6.29. The highest BCUT2D eigenvalue weighted by atomic mass is 35.5. The lowest BCUT2D eigenvalue weighted by Crippen LogP contribution is -1.98. The molecule has 0 saturated carbocycles. The van der Waals surface area contributed by atoms with Gasteiger partial charge in [0.05, 0.1) is 30.6 Å². The van der Waals surface area contributed by atoms with Gasteiger partial charge in [-0.05, 0) is 55.7 Å². The van der Waals surface area contributed by atoms with E-state index < -0.39 is 0 Å². The average Bonchev–Trinajstić information content (AvgIpc) is 3.15. The molecule has 3 aromatic rings. The summed E-state index contributed by atoms with van der Waals surface area (Å²) in [6.07, 6.45) is 1.67. The molecule has 0 aliphatic rings. The fourth-order valence-electron chi connectivity index (χ4n) is 2.62. The minimum absolute atomic E-state index is 0.480. The summed E-state index contributed by atoms with van der Waals surface area (Å²) in [5.74, 6) is 1.11. The molecule has 2 aromatic carbocycles. The molecule has 146 valence electrons. The quantitative estimate of drug-likeness (QED) is 0.383. The van der Waals surface area contributed by atoms with Gasteiger partial charge in [-0.3, -0.25) is 5.43 Å². The summed E-state index contributed by atoms with van der Waals surface area (Å²) in [5, 5.41) is 7.47. The van der Waals surface area contributed by atoms with Crippen molar-refractivity contribution in [1.29, 1.82) is 0 Å². The van der Waals surface area contributed by atoms with Crippen molar-refractivity contribution in [3.63, 3.8) is 0 Å². The van der Waals surface area contributed by atoms with Gasteiger partial charge in [-0.1, -0.05) is 23.7 Å². The molecule has 0 saturated heterocycles. The normalized spacial score (nSPS) is 11.0. The number of benzene rings is 2. The molecule has 5 nitrogen and oxygen atoms in total. The molecule has 0 atom stereocenters. The Hall–Kier alpha value is -2.57. The maximum absolute atomic E-state index is 6.29. The van der Waals surface area contributed by atoms with E-state index in [0.29, 0.717) is 28.3 Å². The van der Waals surface area contributed by atoms with Gasteiger partial charge in [-0.2, -0.15) is 5.10 Å². The van der Waals surface area contributed by atoms with E-state index in [9.17, 15) is 0 Å². The van der Waals surface area contributed by atoms with E-state index in [4.69, 9.17) is 21.1 Å². The minimum Gasteiger partial charge on any atom is -0.493 e. The number of methoxy groups -OCH3 is 1. The van der Waals surface area contributed by atoms with E-state index in [0.717, 1.165) is 16.8 Å². The fourth-order valence-corrected chi connectivity index (χ4v) is 3.56. The van der Waals surface area contributed by atoms with Gasteiger partial charge >= 0.3 is 0 Å². The van der Waals surface area contributed by atoms with Crippen molar-refractivity contribution in [1.82, 2.24) is 4.98 Å². The van der Waals surface area contributed by atoms with Crippen molar-refractivity contribution in [3.05, 3.63) is 57.4 Å². The number of thiazole rings is 1. The van der Waals surface area contributed by atoms with Crippen LogP contribution in [0.5, 0.6) is 11.5 Å². The Morgan fingerprint density at radius 1 is 1.21 bits per heavy atom. The molecule has 28 heavy (non-hydrogen) atoms. The number of ether oxygens (including phenoxy) is 2. The molecule has 0 radical (unpaired) electrons. The van der Waals surface area contributed by atoms with Crippen LogP contribution >= 0.6 is 22.9 Å². The number of hydrogen-bond acceptors (Lipinski definition) is 6. The van der Waals surface area contributed by atoms with Gasteiger partial charge in [-0.25, -0.2) is 4.98 Å². The second-order valence-corrected chi connectivity index (χ2v) is 7.44. The SMILES string of the molecule is CCOc1c(Cl)cc(/C=N\Nc2nc(-c3ccc(C)c(C)c3)cs2)cc1OC. The van der Waals surface area contributed by atoms with Crippen LogP contribution in [0.3, 0.4) is 0 Å². The van der Waals surface area contributed by atoms with Gasteiger partial charge in [0.25, 0.3) is 0 Å². The number of hydrazone groups is 1. The van der Waals surface area contributed by atoms with E-state index in [1.165, 1.54) is 22.5 Å². The number of rotatable bonds is 7. The van der Waals surface area contributed by atoms with Crippen LogP contribution in [0.1, 0.15) is 23.6 Å². The van der Waals surface area contributed by atoms with E-state index >= 15 is 0 Å². The van der Waals surface area contributed by atoms with Gasteiger partial charge in [-0.15, -0.1) is 11.3 Å². The first-order valence-corrected chi connectivity index (χ1v) is 10.1. The Balaban J connectivity index is 1.72. The third-order valence-corrected chi connectivity index (χ3v) is 5.25. The van der Waals surface area contributed by atoms with Crippen LogP contribution < -0.4 is 14.9 Å². The first-order chi connectivity index (χ1) is 13.5. The first-order valence-electron chi connectivity index (χ1n) is 8.84. The fraction of sp³-hybridized carbons (Fsp3) is 0.238. The summed E-state index contributed by atoms with van der Waals surface area (Å²) in [6, 6.07) is 9.94. The molecule has 0 amide bonds. The van der Waals surface area contributed by atoms with Gasteiger partial charge in [0.1, 0.15) is 0 Å². The van der Waals surface area contributed by atoms with Gasteiger partial charge in [0.2, 0.25) is 5.13 Å². The molecule has 0 unspecified atom stereocenters. The van der Waals surface area contributed by atoms with E-state index in [-0.39, 0.29) is 0 Å². The highest BCUT2D eigenvalue weighted by Gasteiger charge is 2.11. The van der Waals surface area contributed by atoms with Crippen molar-refractivity contribution in [3.8, 4) is 22.8 Å². The minimum atomic E-state index is 0.480. The Morgan fingerprint density at radius 3 is 2.75 bits per heavy atom. The van der Waals surface area contributed by atoms with Crippen LogP contribution in [-0.4, -0.2) is 24.9 Å². The number of hydrogen-bond donors (Lipinski definition) is 1. The number of anilines is 1. The Kier molecular flexibility index (Phi) is 6.54. The zero-order valence-electron chi connectivity index (χ0n) is 16.2. The van der Waals surface area contributed by atoms with Crippen LogP contribution in [0.4, 0.5) is 5.13 Å². The lowest BCUT2D eigenvalue weighted by molar-refractivity contribution is 0.311. The number of nitrogens with one attached hydrogen (secondary N) is 1. The van der Waals surface area contributed by atoms with E-state index in [1.54, 1.807) is 19.4 Å². The second kappa shape index (κ2) is 9.08. The van der Waals surface area contributed by atoms with Gasteiger partial charge in [0, 0.05) is 10.9 Å². The Labute approximate surface area is 174 Å². The highest BCUT2D eigenvalue weighted by molar-refractivity contribution is 7.14. The van der Waals surface area contributed by atoms with Crippen molar-refractivity contribution in [2.75, 3.05) is 19.1 Å². The number of aryl methyl sites for hydroxylation is 2. The molecular formula is C21H22ClN3O2S. The molecule has 0 aliphatic carbocycles. The van der Waals surface area contributed by atoms with Crippen LogP contribution in [0.2, 0.25) is 5.02 Å². The molecule has 0 fully saturated rings. The smallest absolute Gasteiger partial charge is 0.203 e. The Morgan fingerprint density at radius 2 is 2.04 bits per heavy atom. The molecule has 3 rings (SSSR count). The van der Waals surface area contributed by atoms with Crippen molar-refractivity contribution < 1.29 is 9.47 Å². The third kappa shape index (κ3) is 4.64. The molecular weight excluding hydrogens is 394 g/mol. The van der Waals surface area contributed by atoms with Crippen LogP contribution in [0, 0.1) is 13.8 Å². The van der Waals surface area contributed by atoms with Crippen molar-refractivity contribution in [2.45, 2.75) is 20.8 Å². The summed E-state index contributed by atoms with van der Waals surface area (Å²) in [7, 11) is 1.58. The lowest BCUT2D eigenvalue weighted by Gasteiger charge is -2.11. The van der Waals surface area contributed by atoms with Crippen molar-refractivity contribution in [2.24, 2.45) is 5.10 Å². The van der Waals surface area contributed by atoms with E-state index in [2.05, 4.69) is 47.6 Å². The monoisotopic (exact) mass is 415 g/mol. The molecule has 0 bridgehead atoms. The summed E-state index contributed by atoms with van der Waals surface area (Å²) in [6.45, 7) is 6.61. The number of aromatic nitrogens is 1. The molecule has 1 heterocycles. The summed E-state index contributed by atoms with van der Waals surface area (Å²) in [4.78, 5) is 4.60. The van der Waals surface area contributed by atoms with Crippen LogP contribution in [0.15, 0.2) is 40.8 Å². The molecule has 7 heteroatoms. The van der Waals surface area contributed by atoms with E-state index in [1.807, 2.05) is 18.4 Å². The molecule has 0 aliphatic heterocycles. The van der Waals surface area contributed by atoms with Crippen molar-refractivity contribution >= 4 is 34.3 Å². The predicted molar refractivity (Wildman–Crippen MR) is 117 cm³/mol.